The summed E-state index contributed by atoms with van der Waals surface area (Å²) in [5.74, 6) is 0. The predicted octanol–water partition coefficient (Wildman–Crippen LogP) is -0.450. The molecular weight excluding hydrogens is 467 g/mol. The molecule has 1 fully saturated rings. The molecule has 1 aromatic carbocycles. The van der Waals surface area contributed by atoms with Crippen molar-refractivity contribution >= 4 is 14.3 Å². The summed E-state index contributed by atoms with van der Waals surface area (Å²) in [7, 11) is -2.69. The van der Waals surface area contributed by atoms with E-state index in [9.17, 15) is 19.8 Å². The molecule has 1 aliphatic heterocycles. The summed E-state index contributed by atoms with van der Waals surface area (Å²) >= 11 is 0. The van der Waals surface area contributed by atoms with Crippen LogP contribution < -0.4 is 17.0 Å². The van der Waals surface area contributed by atoms with E-state index >= 15 is 0 Å². The van der Waals surface area contributed by atoms with Crippen molar-refractivity contribution in [2.24, 2.45) is 0 Å². The second kappa shape index (κ2) is 10.1. The molecule has 0 amide bonds. The van der Waals surface area contributed by atoms with Crippen LogP contribution in [0.2, 0.25) is 0 Å². The molecular formula is C21H23N4O8P. The van der Waals surface area contributed by atoms with Crippen LogP contribution in [-0.4, -0.2) is 59.0 Å². The highest BCUT2D eigenvalue weighted by Crippen LogP contribution is 2.32. The molecule has 0 spiro atoms. The predicted molar refractivity (Wildman–Crippen MR) is 121 cm³/mol. The van der Waals surface area contributed by atoms with E-state index in [2.05, 4.69) is 9.51 Å². The molecule has 6 N–H and O–H groups in total. The van der Waals surface area contributed by atoms with E-state index in [0.717, 1.165) is 32.5 Å². The lowest BCUT2D eigenvalue weighted by molar-refractivity contribution is -0.0531. The van der Waals surface area contributed by atoms with Crippen molar-refractivity contribution in [2.75, 3.05) is 12.3 Å². The van der Waals surface area contributed by atoms with Gasteiger partial charge >= 0.3 is 14.3 Å². The average Bonchev–Trinajstić information content (AvgIpc) is 3.09. The Kier molecular flexibility index (Phi) is 7.19. The minimum Gasteiger partial charge on any atom is -0.398 e. The van der Waals surface area contributed by atoms with E-state index in [4.69, 9.17) is 20.3 Å². The third-order valence-electron chi connectivity index (χ3n) is 5.47. The van der Waals surface area contributed by atoms with Gasteiger partial charge in [0.25, 0.3) is 5.56 Å². The molecule has 1 aliphatic rings. The quantitative estimate of drug-likeness (QED) is 0.215. The van der Waals surface area contributed by atoms with Crippen LogP contribution >= 0.6 is 8.60 Å². The maximum absolute atomic E-state index is 13.1. The van der Waals surface area contributed by atoms with E-state index in [-0.39, 0.29) is 6.54 Å². The highest BCUT2D eigenvalue weighted by molar-refractivity contribution is 7.39. The topological polar surface area (TPSA) is 182 Å². The summed E-state index contributed by atoms with van der Waals surface area (Å²) in [6.07, 6.45) is -2.72. The number of ether oxygens (including phenoxy) is 1. The summed E-state index contributed by atoms with van der Waals surface area (Å²) in [6, 6.07) is 11.9. The lowest BCUT2D eigenvalue weighted by Gasteiger charge is -2.18. The molecule has 0 bridgehead atoms. The molecule has 2 aromatic heterocycles. The van der Waals surface area contributed by atoms with Gasteiger partial charge in [-0.25, -0.2) is 4.79 Å². The molecule has 13 heteroatoms. The number of para-hydroxylation sites is 1. The van der Waals surface area contributed by atoms with Crippen LogP contribution in [0.5, 0.6) is 0 Å². The first kappa shape index (κ1) is 24.2. The maximum Gasteiger partial charge on any atom is 0.333 e. The fourth-order valence-corrected chi connectivity index (χ4v) is 4.04. The van der Waals surface area contributed by atoms with Crippen LogP contribution in [0.1, 0.15) is 11.9 Å². The Labute approximate surface area is 194 Å². The molecule has 0 radical (unpaired) electrons. The number of nitrogens with zero attached hydrogens (tertiary/aromatic N) is 3. The molecule has 1 saturated heterocycles. The molecule has 34 heavy (non-hydrogen) atoms. The number of aromatic nitrogens is 3. The number of pyridine rings is 1. The number of nitrogen functional groups attached to an aromatic ring is 1. The third-order valence-corrected chi connectivity index (χ3v) is 5.85. The van der Waals surface area contributed by atoms with Crippen molar-refractivity contribution in [3.8, 4) is 11.1 Å². The van der Waals surface area contributed by atoms with Gasteiger partial charge in [0, 0.05) is 29.7 Å². The molecule has 4 rings (SSSR count). The van der Waals surface area contributed by atoms with Crippen molar-refractivity contribution in [2.45, 2.75) is 31.1 Å². The number of nitrogens with two attached hydrogens (primary N) is 1. The summed E-state index contributed by atoms with van der Waals surface area (Å²) in [6.45, 7) is -0.572. The minimum absolute atomic E-state index is 0.156. The lowest BCUT2D eigenvalue weighted by atomic mass is 10.0. The molecule has 4 unspecified atom stereocenters. The van der Waals surface area contributed by atoms with Gasteiger partial charge in [-0.2, -0.15) is 0 Å². The Morgan fingerprint density at radius 2 is 1.88 bits per heavy atom. The van der Waals surface area contributed by atoms with Gasteiger partial charge in [0.1, 0.15) is 18.3 Å². The van der Waals surface area contributed by atoms with Gasteiger partial charge < -0.3 is 35.0 Å². The minimum atomic E-state index is -2.69. The highest BCUT2D eigenvalue weighted by atomic mass is 31.2. The van der Waals surface area contributed by atoms with Crippen LogP contribution in [0.4, 0.5) is 5.69 Å². The van der Waals surface area contributed by atoms with Crippen LogP contribution in [0.3, 0.4) is 0 Å². The summed E-state index contributed by atoms with van der Waals surface area (Å²) in [4.78, 5) is 47.6. The first-order chi connectivity index (χ1) is 16.3. The van der Waals surface area contributed by atoms with Crippen molar-refractivity contribution in [3.63, 3.8) is 0 Å². The number of hydrogen-bond donors (Lipinski definition) is 5. The fraction of sp³-hybridized carbons (Fsp3) is 0.286. The Morgan fingerprint density at radius 1 is 1.12 bits per heavy atom. The first-order valence-corrected chi connectivity index (χ1v) is 11.4. The monoisotopic (exact) mass is 490 g/mol. The number of aliphatic hydroxyl groups is 2. The van der Waals surface area contributed by atoms with Crippen LogP contribution in [-0.2, 0) is 15.8 Å². The molecule has 0 aliphatic carbocycles. The zero-order valence-electron chi connectivity index (χ0n) is 17.7. The Morgan fingerprint density at radius 3 is 2.62 bits per heavy atom. The summed E-state index contributed by atoms with van der Waals surface area (Å²) < 4.78 is 12.1. The normalized spacial score (nSPS) is 22.4. The second-order valence-corrected chi connectivity index (χ2v) is 8.41. The van der Waals surface area contributed by atoms with Crippen molar-refractivity contribution < 1.29 is 29.3 Å². The Balaban J connectivity index is 1.62. The number of hydrogen-bond acceptors (Lipinski definition) is 10. The molecule has 3 aromatic rings. The maximum atomic E-state index is 13.1. The van der Waals surface area contributed by atoms with E-state index in [1.54, 1.807) is 24.4 Å². The highest BCUT2D eigenvalue weighted by Gasteiger charge is 2.44. The number of rotatable bonds is 7. The zero-order valence-corrected chi connectivity index (χ0v) is 18.6. The SMILES string of the molecule is Nc1ccccc1-c1ccnc(Cn2c(=O)ccn(C3OC(COP(O)O)C(O)C3O)c2=O)c1. The van der Waals surface area contributed by atoms with Crippen LogP contribution in [0.25, 0.3) is 11.1 Å². The molecule has 180 valence electrons. The Hall–Kier alpha value is -2.96. The van der Waals surface area contributed by atoms with Gasteiger partial charge in [-0.3, -0.25) is 18.9 Å². The fourth-order valence-electron chi connectivity index (χ4n) is 3.76. The Bertz CT molecular complexity index is 1280. The van der Waals surface area contributed by atoms with E-state index < -0.39 is 51.0 Å². The molecule has 0 saturated carbocycles. The molecule has 12 nitrogen and oxygen atoms in total. The number of aliphatic hydroxyl groups excluding tert-OH is 2. The van der Waals surface area contributed by atoms with Gasteiger partial charge in [-0.05, 0) is 23.8 Å². The van der Waals surface area contributed by atoms with Gasteiger partial charge in [0.15, 0.2) is 6.23 Å². The van der Waals surface area contributed by atoms with Crippen molar-refractivity contribution in [1.82, 2.24) is 14.1 Å². The molecule has 4 atom stereocenters. The van der Waals surface area contributed by atoms with E-state index in [1.807, 2.05) is 18.2 Å². The summed E-state index contributed by atoms with van der Waals surface area (Å²) in [5, 5.41) is 20.6. The van der Waals surface area contributed by atoms with Gasteiger partial charge in [-0.15, -0.1) is 0 Å². The van der Waals surface area contributed by atoms with Crippen molar-refractivity contribution in [1.29, 1.82) is 0 Å². The smallest absolute Gasteiger partial charge is 0.333 e. The number of anilines is 1. The lowest BCUT2D eigenvalue weighted by Crippen LogP contribution is -2.43. The van der Waals surface area contributed by atoms with Crippen LogP contribution in [0.15, 0.2) is 64.4 Å². The third kappa shape index (κ3) is 4.93. The van der Waals surface area contributed by atoms with Gasteiger partial charge in [0.2, 0.25) is 0 Å². The number of benzene rings is 1. The largest absolute Gasteiger partial charge is 0.398 e. The molecule has 3 heterocycles. The van der Waals surface area contributed by atoms with E-state index in [1.165, 1.54) is 0 Å². The standard InChI is InChI=1S/C21H23N4O8P/c22-15-4-2-1-3-14(15)12-5-7-23-13(9-12)10-25-17(26)6-8-24(21(25)29)20-19(28)18(27)16(33-20)11-32-34(30)31/h1-9,16,18-20,27-28,30-31H,10-11,22H2. The first-order valence-electron chi connectivity index (χ1n) is 10.2. The van der Waals surface area contributed by atoms with Gasteiger partial charge in [0.05, 0.1) is 18.8 Å². The van der Waals surface area contributed by atoms with Crippen LogP contribution in [0, 0.1) is 0 Å². The van der Waals surface area contributed by atoms with Gasteiger partial charge in [-0.1, -0.05) is 18.2 Å². The second-order valence-electron chi connectivity index (χ2n) is 7.65. The average molecular weight is 490 g/mol. The zero-order chi connectivity index (χ0) is 24.4. The summed E-state index contributed by atoms with van der Waals surface area (Å²) in [5.41, 5.74) is 7.20. The van der Waals surface area contributed by atoms with Crippen molar-refractivity contribution in [3.05, 3.63) is 81.4 Å². The van der Waals surface area contributed by atoms with E-state index in [0.29, 0.717) is 11.4 Å².